The number of rotatable bonds is 14. The summed E-state index contributed by atoms with van der Waals surface area (Å²) in [5.74, 6) is 5.53. The van der Waals surface area contributed by atoms with E-state index in [1.54, 1.807) is 0 Å². The summed E-state index contributed by atoms with van der Waals surface area (Å²) in [5.41, 5.74) is 0.986. The average Bonchev–Trinajstić information content (AvgIpc) is 3.09. The Morgan fingerprint density at radius 1 is 0.731 bits per heavy atom. The van der Waals surface area contributed by atoms with E-state index in [2.05, 4.69) is 76.3 Å². The fraction of sp³-hybridized carbons (Fsp3) is 0.932. The van der Waals surface area contributed by atoms with E-state index in [1.165, 1.54) is 56.9 Å². The molecule has 52 heavy (non-hydrogen) atoms. The molecule has 0 spiro atoms. The number of alkyl carbamates (subject to hydrolysis) is 1. The highest BCUT2D eigenvalue weighted by atomic mass is 16.5. The van der Waals surface area contributed by atoms with Crippen LogP contribution in [0.15, 0.2) is 12.2 Å². The zero-order valence-corrected chi connectivity index (χ0v) is 34.4. The molecule has 300 valence electrons. The summed E-state index contributed by atoms with van der Waals surface area (Å²) in [6.45, 7) is 21.5. The molecule has 1 amide bonds. The van der Waals surface area contributed by atoms with E-state index in [1.807, 2.05) is 0 Å². The Kier molecular flexibility index (Phi) is 15.8. The second-order valence-corrected chi connectivity index (χ2v) is 19.4. The summed E-state index contributed by atoms with van der Waals surface area (Å²) in [5, 5.41) is 26.9. The number of ether oxygens (including phenoxy) is 2. The molecule has 0 bridgehead atoms. The Labute approximate surface area is 318 Å². The van der Waals surface area contributed by atoms with Crippen LogP contribution >= 0.6 is 0 Å². The number of aliphatic hydroxyl groups excluding tert-OH is 1. The number of carbonyl (C=O) groups is 1. The van der Waals surface area contributed by atoms with Crippen molar-refractivity contribution >= 4 is 6.09 Å². The molecule has 1 heterocycles. The lowest BCUT2D eigenvalue weighted by molar-refractivity contribution is -0.0649. The molecule has 0 radical (unpaired) electrons. The van der Waals surface area contributed by atoms with Gasteiger partial charge in [-0.05, 0) is 152 Å². The Bertz CT molecular complexity index is 1080. The lowest BCUT2D eigenvalue weighted by Gasteiger charge is -2.52. The van der Waals surface area contributed by atoms with Crippen LogP contribution in [0.1, 0.15) is 158 Å². The third-order valence-corrected chi connectivity index (χ3v) is 14.6. The minimum Gasteiger partial charge on any atom is -0.450 e. The fourth-order valence-electron chi connectivity index (χ4n) is 11.2. The Balaban J connectivity index is 0.993. The number of nitrogens with one attached hydrogen (secondary N) is 4. The molecule has 5 N–H and O–H groups in total. The Hall–Kier alpha value is -1.19. The number of unbranched alkanes of at least 4 members (excludes halogenated alkanes) is 3. The van der Waals surface area contributed by atoms with Crippen molar-refractivity contribution in [3.63, 3.8) is 0 Å². The smallest absolute Gasteiger partial charge is 0.407 e. The van der Waals surface area contributed by atoms with Crippen molar-refractivity contribution in [3.05, 3.63) is 12.2 Å². The first kappa shape index (κ1) is 42.0. The van der Waals surface area contributed by atoms with E-state index in [-0.39, 0.29) is 35.9 Å². The molecule has 4 saturated carbocycles. The van der Waals surface area contributed by atoms with Gasteiger partial charge in [0.1, 0.15) is 0 Å². The highest BCUT2D eigenvalue weighted by Gasteiger charge is 2.45. The van der Waals surface area contributed by atoms with Crippen LogP contribution in [0.5, 0.6) is 0 Å². The number of hydrogen-bond donors (Lipinski definition) is 5. The molecule has 5 fully saturated rings. The summed E-state index contributed by atoms with van der Waals surface area (Å²) in [4.78, 5) is 12.6. The van der Waals surface area contributed by atoms with E-state index in [0.717, 1.165) is 76.2 Å². The number of amides is 1. The lowest BCUT2D eigenvalue weighted by atomic mass is 9.71. The first-order valence-corrected chi connectivity index (χ1v) is 22.0. The van der Waals surface area contributed by atoms with E-state index < -0.39 is 0 Å². The van der Waals surface area contributed by atoms with Crippen molar-refractivity contribution < 1.29 is 19.4 Å². The second kappa shape index (κ2) is 19.6. The Morgan fingerprint density at radius 2 is 1.29 bits per heavy atom. The second-order valence-electron chi connectivity index (χ2n) is 19.4. The normalized spacial score (nSPS) is 40.5. The zero-order valence-electron chi connectivity index (χ0n) is 34.4. The van der Waals surface area contributed by atoms with Crippen LogP contribution < -0.4 is 21.3 Å². The fourth-order valence-corrected chi connectivity index (χ4v) is 11.2. The summed E-state index contributed by atoms with van der Waals surface area (Å²) in [6, 6.07) is 0. The lowest BCUT2D eigenvalue weighted by Crippen LogP contribution is -2.74. The Morgan fingerprint density at radius 3 is 1.85 bits per heavy atom. The summed E-state index contributed by atoms with van der Waals surface area (Å²) in [6.07, 6.45) is 19.3. The molecule has 1 aliphatic heterocycles. The quantitative estimate of drug-likeness (QED) is 0.0900. The minimum atomic E-state index is -0.366. The molecular weight excluding hydrogens is 649 g/mol. The van der Waals surface area contributed by atoms with Crippen molar-refractivity contribution in [2.24, 2.45) is 53.3 Å². The van der Waals surface area contributed by atoms with E-state index >= 15 is 0 Å². The van der Waals surface area contributed by atoms with Crippen LogP contribution in [0.2, 0.25) is 0 Å². The van der Waals surface area contributed by atoms with Crippen LogP contribution in [0.4, 0.5) is 4.79 Å². The summed E-state index contributed by atoms with van der Waals surface area (Å²) >= 11 is 0. The van der Waals surface area contributed by atoms with Gasteiger partial charge in [-0.25, -0.2) is 4.79 Å². The van der Waals surface area contributed by atoms with Crippen molar-refractivity contribution in [2.75, 3.05) is 13.2 Å². The van der Waals surface area contributed by atoms with Crippen molar-refractivity contribution in [1.29, 1.82) is 0 Å². The topological polar surface area (TPSA) is 104 Å². The van der Waals surface area contributed by atoms with Gasteiger partial charge in [-0.1, -0.05) is 65.5 Å². The third kappa shape index (κ3) is 11.7. The van der Waals surface area contributed by atoms with Crippen molar-refractivity contribution in [1.82, 2.24) is 21.3 Å². The molecule has 0 aromatic carbocycles. The molecule has 5 rings (SSSR count). The third-order valence-electron chi connectivity index (χ3n) is 14.6. The first-order chi connectivity index (χ1) is 24.8. The predicted molar refractivity (Wildman–Crippen MR) is 212 cm³/mol. The van der Waals surface area contributed by atoms with Crippen LogP contribution in [0.25, 0.3) is 0 Å². The molecule has 0 aromatic heterocycles. The molecule has 0 aromatic rings. The minimum absolute atomic E-state index is 0.127. The molecule has 13 unspecified atom stereocenters. The standard InChI is InChI=1S/C44H80N4O4/c1-28(2)33-14-13-15-34(26-33)44(7,8)48-43(50)52-23-12-10-9-11-22-51-35-18-21-38(39(49)27-35)42-46-40(36-19-16-29(3)24-31(36)5)45-41(47-42)37-20-17-30(4)25-32(37)6/h29-42,45-47,49H,1,9-27H2,2-8H3,(H,48,50). The molecule has 13 atom stereocenters. The highest BCUT2D eigenvalue weighted by Crippen LogP contribution is 2.41. The largest absolute Gasteiger partial charge is 0.450 e. The van der Waals surface area contributed by atoms with Gasteiger partial charge in [0.2, 0.25) is 0 Å². The van der Waals surface area contributed by atoms with Gasteiger partial charge in [0.05, 0.1) is 37.3 Å². The molecule has 1 saturated heterocycles. The van der Waals surface area contributed by atoms with Crippen molar-refractivity contribution in [2.45, 2.75) is 194 Å². The van der Waals surface area contributed by atoms with Gasteiger partial charge < -0.3 is 19.9 Å². The van der Waals surface area contributed by atoms with Crippen LogP contribution in [0, 0.1) is 53.3 Å². The zero-order chi connectivity index (χ0) is 37.4. The van der Waals surface area contributed by atoms with Gasteiger partial charge in [-0.2, -0.15) is 0 Å². The SMILES string of the molecule is C=C(C)C1CCCC(C(C)(C)NC(=O)OCCCCCCOC2CCC(C3NC(C4CCC(C)CC4C)NC(C4CCC(C)CC4C)N3)C(O)C2)C1. The maximum absolute atomic E-state index is 12.6. The van der Waals surface area contributed by atoms with Gasteiger partial charge in [-0.15, -0.1) is 0 Å². The van der Waals surface area contributed by atoms with Gasteiger partial charge >= 0.3 is 6.09 Å². The predicted octanol–water partition coefficient (Wildman–Crippen LogP) is 8.89. The number of carbonyl (C=O) groups excluding carboxylic acids is 1. The van der Waals surface area contributed by atoms with E-state index in [4.69, 9.17) is 9.47 Å². The maximum atomic E-state index is 12.6. The van der Waals surface area contributed by atoms with Crippen molar-refractivity contribution in [3.8, 4) is 0 Å². The van der Waals surface area contributed by atoms with Gasteiger partial charge in [-0.3, -0.25) is 16.0 Å². The van der Waals surface area contributed by atoms with Crippen LogP contribution in [0.3, 0.4) is 0 Å². The van der Waals surface area contributed by atoms with Gasteiger partial charge in [0.25, 0.3) is 0 Å². The maximum Gasteiger partial charge on any atom is 0.407 e. The summed E-state index contributed by atoms with van der Waals surface area (Å²) in [7, 11) is 0. The number of allylic oxidation sites excluding steroid dienone is 1. The average molecular weight is 729 g/mol. The number of hydrogen-bond acceptors (Lipinski definition) is 7. The van der Waals surface area contributed by atoms with Gasteiger partial charge in [0, 0.05) is 18.1 Å². The summed E-state index contributed by atoms with van der Waals surface area (Å²) < 4.78 is 11.9. The highest BCUT2D eigenvalue weighted by molar-refractivity contribution is 5.68. The molecule has 4 aliphatic carbocycles. The van der Waals surface area contributed by atoms with E-state index in [9.17, 15) is 9.90 Å². The number of aliphatic hydroxyl groups is 1. The van der Waals surface area contributed by atoms with Crippen LogP contribution in [-0.2, 0) is 9.47 Å². The molecule has 8 nitrogen and oxygen atoms in total. The monoisotopic (exact) mass is 729 g/mol. The first-order valence-electron chi connectivity index (χ1n) is 22.0. The molecule has 8 heteroatoms. The van der Waals surface area contributed by atoms with E-state index in [0.29, 0.717) is 54.4 Å². The molecule has 5 aliphatic rings. The molecular formula is C44H80N4O4. The van der Waals surface area contributed by atoms with Crippen LogP contribution in [-0.4, -0.2) is 60.7 Å². The van der Waals surface area contributed by atoms with Gasteiger partial charge in [0.15, 0.2) is 0 Å².